The molecule has 2 N–H and O–H groups in total. The summed E-state index contributed by atoms with van der Waals surface area (Å²) in [6.45, 7) is 2.08. The second kappa shape index (κ2) is 5.10. The minimum absolute atomic E-state index is 0.216. The molecule has 0 aliphatic heterocycles. The van der Waals surface area contributed by atoms with Crippen molar-refractivity contribution in [3.63, 3.8) is 0 Å². The minimum atomic E-state index is -0.216. The summed E-state index contributed by atoms with van der Waals surface area (Å²) in [6, 6.07) is 2.03. The lowest BCUT2D eigenvalue weighted by atomic mass is 9.86. The highest BCUT2D eigenvalue weighted by Gasteiger charge is 2.34. The van der Waals surface area contributed by atoms with Crippen LogP contribution in [0.4, 0.5) is 0 Å². The Kier molecular flexibility index (Phi) is 3.87. The van der Waals surface area contributed by atoms with Crippen molar-refractivity contribution >= 4 is 15.9 Å². The van der Waals surface area contributed by atoms with Crippen LogP contribution < -0.4 is 15.2 Å². The average Bonchev–Trinajstić information content (AvgIpc) is 2.80. The molecule has 4 heteroatoms. The molecule has 1 aliphatic carbocycles. The van der Waals surface area contributed by atoms with E-state index >= 15 is 0 Å². The van der Waals surface area contributed by atoms with Crippen molar-refractivity contribution in [1.82, 2.24) is 0 Å². The lowest BCUT2D eigenvalue weighted by Crippen LogP contribution is -2.34. The molecular formula is C14H20BrNO2. The van der Waals surface area contributed by atoms with Crippen molar-refractivity contribution in [2.24, 2.45) is 5.73 Å². The molecular weight excluding hydrogens is 294 g/mol. The van der Waals surface area contributed by atoms with Gasteiger partial charge in [-0.1, -0.05) is 12.8 Å². The van der Waals surface area contributed by atoms with Gasteiger partial charge in [-0.15, -0.1) is 0 Å². The smallest absolute Gasteiger partial charge is 0.175 e. The molecule has 1 aliphatic rings. The van der Waals surface area contributed by atoms with Gasteiger partial charge in [0.1, 0.15) is 0 Å². The first kappa shape index (κ1) is 13.7. The summed E-state index contributed by atoms with van der Waals surface area (Å²) in [5, 5.41) is 0. The van der Waals surface area contributed by atoms with Crippen LogP contribution in [0.1, 0.15) is 36.8 Å². The van der Waals surface area contributed by atoms with E-state index < -0.39 is 0 Å². The maximum Gasteiger partial charge on any atom is 0.175 e. The van der Waals surface area contributed by atoms with Gasteiger partial charge in [0.25, 0.3) is 0 Å². The van der Waals surface area contributed by atoms with E-state index in [0.717, 1.165) is 34.4 Å². The minimum Gasteiger partial charge on any atom is -0.493 e. The quantitative estimate of drug-likeness (QED) is 0.928. The van der Waals surface area contributed by atoms with Crippen LogP contribution in [0.3, 0.4) is 0 Å². The third kappa shape index (κ3) is 2.12. The Hall–Kier alpha value is -0.740. The maximum absolute atomic E-state index is 6.55. The topological polar surface area (TPSA) is 44.5 Å². The molecule has 1 aromatic rings. The first-order chi connectivity index (χ1) is 8.53. The van der Waals surface area contributed by atoms with Crippen molar-refractivity contribution < 1.29 is 9.47 Å². The third-order valence-electron chi connectivity index (χ3n) is 3.89. The molecule has 0 amide bonds. The van der Waals surface area contributed by atoms with Gasteiger partial charge in [0.15, 0.2) is 11.5 Å². The molecule has 0 bridgehead atoms. The summed E-state index contributed by atoms with van der Waals surface area (Å²) >= 11 is 3.59. The molecule has 0 radical (unpaired) electrons. The number of methoxy groups -OCH3 is 2. The van der Waals surface area contributed by atoms with E-state index in [2.05, 4.69) is 22.9 Å². The summed E-state index contributed by atoms with van der Waals surface area (Å²) in [5.41, 5.74) is 8.65. The number of hydrogen-bond acceptors (Lipinski definition) is 3. The maximum atomic E-state index is 6.55. The zero-order chi connectivity index (χ0) is 13.3. The SMILES string of the molecule is COc1cc(C2(N)CCCC2)c(C)c(Br)c1OC. The Morgan fingerprint density at radius 3 is 2.33 bits per heavy atom. The van der Waals surface area contributed by atoms with Crippen LogP contribution in [0.2, 0.25) is 0 Å². The highest BCUT2D eigenvalue weighted by molar-refractivity contribution is 9.10. The van der Waals surface area contributed by atoms with E-state index in [1.807, 2.05) is 6.07 Å². The molecule has 0 unspecified atom stereocenters. The molecule has 0 aromatic heterocycles. The molecule has 0 saturated heterocycles. The van der Waals surface area contributed by atoms with Gasteiger partial charge in [-0.2, -0.15) is 0 Å². The molecule has 1 fully saturated rings. The lowest BCUT2D eigenvalue weighted by Gasteiger charge is -2.28. The van der Waals surface area contributed by atoms with E-state index in [9.17, 15) is 0 Å². The second-order valence-electron chi connectivity index (χ2n) is 4.96. The molecule has 3 nitrogen and oxygen atoms in total. The third-order valence-corrected chi connectivity index (χ3v) is 4.84. The Labute approximate surface area is 117 Å². The predicted molar refractivity (Wildman–Crippen MR) is 76.3 cm³/mol. The average molecular weight is 314 g/mol. The van der Waals surface area contributed by atoms with Gasteiger partial charge < -0.3 is 15.2 Å². The first-order valence-corrected chi connectivity index (χ1v) is 7.03. The molecule has 0 heterocycles. The van der Waals surface area contributed by atoms with Crippen molar-refractivity contribution in [3.05, 3.63) is 21.7 Å². The molecule has 1 saturated carbocycles. The Bertz CT molecular complexity index is 454. The van der Waals surface area contributed by atoms with Crippen molar-refractivity contribution in [1.29, 1.82) is 0 Å². The van der Waals surface area contributed by atoms with Gasteiger partial charge in [-0.3, -0.25) is 0 Å². The molecule has 18 heavy (non-hydrogen) atoms. The van der Waals surface area contributed by atoms with Crippen LogP contribution in [0, 0.1) is 6.92 Å². The fraction of sp³-hybridized carbons (Fsp3) is 0.571. The monoisotopic (exact) mass is 313 g/mol. The van der Waals surface area contributed by atoms with Gasteiger partial charge in [-0.25, -0.2) is 0 Å². The van der Waals surface area contributed by atoms with E-state index in [1.54, 1.807) is 14.2 Å². The van der Waals surface area contributed by atoms with Crippen LogP contribution >= 0.6 is 15.9 Å². The van der Waals surface area contributed by atoms with Crippen LogP contribution in [-0.2, 0) is 5.54 Å². The number of ether oxygens (including phenoxy) is 2. The zero-order valence-corrected chi connectivity index (χ0v) is 12.8. The van der Waals surface area contributed by atoms with E-state index in [-0.39, 0.29) is 5.54 Å². The Balaban J connectivity index is 2.58. The largest absolute Gasteiger partial charge is 0.493 e. The summed E-state index contributed by atoms with van der Waals surface area (Å²) in [4.78, 5) is 0. The molecule has 1 aromatic carbocycles. The summed E-state index contributed by atoms with van der Waals surface area (Å²) < 4.78 is 11.7. The Morgan fingerprint density at radius 1 is 1.22 bits per heavy atom. The molecule has 100 valence electrons. The number of nitrogens with two attached hydrogens (primary N) is 1. The van der Waals surface area contributed by atoms with Gasteiger partial charge in [0.05, 0.1) is 18.7 Å². The van der Waals surface area contributed by atoms with E-state index in [1.165, 1.54) is 18.4 Å². The number of halogens is 1. The molecule has 0 spiro atoms. The fourth-order valence-corrected chi connectivity index (χ4v) is 3.41. The van der Waals surface area contributed by atoms with Gasteiger partial charge in [-0.05, 0) is 52.9 Å². The predicted octanol–water partition coefficient (Wildman–Crippen LogP) is 3.50. The summed E-state index contributed by atoms with van der Waals surface area (Å²) in [7, 11) is 3.30. The van der Waals surface area contributed by atoms with Crippen molar-refractivity contribution in [2.45, 2.75) is 38.1 Å². The summed E-state index contributed by atoms with van der Waals surface area (Å²) in [6.07, 6.45) is 4.47. The normalized spacial score (nSPS) is 17.8. The highest BCUT2D eigenvalue weighted by atomic mass is 79.9. The zero-order valence-electron chi connectivity index (χ0n) is 11.2. The van der Waals surface area contributed by atoms with Gasteiger partial charge >= 0.3 is 0 Å². The van der Waals surface area contributed by atoms with E-state index in [4.69, 9.17) is 15.2 Å². The molecule has 2 rings (SSSR count). The summed E-state index contributed by atoms with van der Waals surface area (Å²) in [5.74, 6) is 1.47. The number of rotatable bonds is 3. The Morgan fingerprint density at radius 2 is 1.83 bits per heavy atom. The van der Waals surface area contributed by atoms with Gasteiger partial charge in [0, 0.05) is 5.54 Å². The van der Waals surface area contributed by atoms with Crippen molar-refractivity contribution in [2.75, 3.05) is 14.2 Å². The van der Waals surface area contributed by atoms with Crippen LogP contribution in [0.5, 0.6) is 11.5 Å². The first-order valence-electron chi connectivity index (χ1n) is 6.24. The van der Waals surface area contributed by atoms with Crippen molar-refractivity contribution in [3.8, 4) is 11.5 Å². The fourth-order valence-electron chi connectivity index (χ4n) is 2.84. The standard InChI is InChI=1S/C14H20BrNO2/c1-9-10(14(16)6-4-5-7-14)8-11(17-2)13(18-3)12(9)15/h8H,4-7,16H2,1-3H3. The van der Waals surface area contributed by atoms with Crippen LogP contribution in [-0.4, -0.2) is 14.2 Å². The lowest BCUT2D eigenvalue weighted by molar-refractivity contribution is 0.349. The van der Waals surface area contributed by atoms with E-state index in [0.29, 0.717) is 0 Å². The van der Waals surface area contributed by atoms with Crippen LogP contribution in [0.25, 0.3) is 0 Å². The molecule has 0 atom stereocenters. The number of hydrogen-bond donors (Lipinski definition) is 1. The van der Waals surface area contributed by atoms with Crippen LogP contribution in [0.15, 0.2) is 10.5 Å². The number of benzene rings is 1. The second-order valence-corrected chi connectivity index (χ2v) is 5.75. The van der Waals surface area contributed by atoms with Gasteiger partial charge in [0.2, 0.25) is 0 Å². The highest BCUT2D eigenvalue weighted by Crippen LogP contribution is 2.46.